The van der Waals surface area contributed by atoms with E-state index >= 15 is 0 Å². The van der Waals surface area contributed by atoms with Crippen molar-refractivity contribution in [1.29, 1.82) is 5.26 Å². The summed E-state index contributed by atoms with van der Waals surface area (Å²) in [6.07, 6.45) is -0.525. The molecule has 0 unspecified atom stereocenters. The van der Waals surface area contributed by atoms with Gasteiger partial charge in [0.05, 0.1) is 17.7 Å². The van der Waals surface area contributed by atoms with Crippen molar-refractivity contribution in [1.82, 2.24) is 5.32 Å². The zero-order valence-electron chi connectivity index (χ0n) is 10.3. The number of nitrogens with two attached hydrogens (primary N) is 1. The van der Waals surface area contributed by atoms with E-state index in [0.29, 0.717) is 0 Å². The molecule has 0 spiro atoms. The van der Waals surface area contributed by atoms with Crippen molar-refractivity contribution < 1.29 is 19.5 Å². The number of benzene rings is 1. The standard InChI is InChI=1S/C12H12N4O4/c13-6-7-3-1-2-4-8(7)15-12(20)16-9(11(18)19)5-10(14)17/h1-4,9H,5H2,(H2,14,17)(H,18,19)(H2,15,16,20)/t9-/m1/s1. The Hall–Kier alpha value is -3.08. The number of rotatable bonds is 5. The summed E-state index contributed by atoms with van der Waals surface area (Å²) in [4.78, 5) is 33.2. The topological polar surface area (TPSA) is 145 Å². The van der Waals surface area contributed by atoms with Gasteiger partial charge in [0, 0.05) is 0 Å². The molecule has 1 rings (SSSR count). The number of carbonyl (C=O) groups is 3. The molecule has 0 aliphatic rings. The van der Waals surface area contributed by atoms with Crippen molar-refractivity contribution in [3.8, 4) is 6.07 Å². The number of primary amides is 1. The van der Waals surface area contributed by atoms with Crippen molar-refractivity contribution in [3.63, 3.8) is 0 Å². The van der Waals surface area contributed by atoms with E-state index in [1.165, 1.54) is 12.1 Å². The molecule has 8 heteroatoms. The summed E-state index contributed by atoms with van der Waals surface area (Å²) >= 11 is 0. The molecule has 0 aliphatic heterocycles. The average Bonchev–Trinajstić information content (AvgIpc) is 2.37. The third-order valence-electron chi connectivity index (χ3n) is 2.30. The van der Waals surface area contributed by atoms with Gasteiger partial charge in [0.1, 0.15) is 12.1 Å². The van der Waals surface area contributed by atoms with Crippen LogP contribution < -0.4 is 16.4 Å². The SMILES string of the molecule is N#Cc1ccccc1NC(=O)N[C@H](CC(N)=O)C(=O)O. The molecule has 0 aliphatic carbocycles. The van der Waals surface area contributed by atoms with Crippen LogP contribution in [0.1, 0.15) is 12.0 Å². The average molecular weight is 276 g/mol. The fourth-order valence-corrected chi connectivity index (χ4v) is 1.41. The van der Waals surface area contributed by atoms with Crippen molar-refractivity contribution in [2.45, 2.75) is 12.5 Å². The Balaban J connectivity index is 2.73. The third-order valence-corrected chi connectivity index (χ3v) is 2.30. The zero-order chi connectivity index (χ0) is 15.1. The van der Waals surface area contributed by atoms with E-state index < -0.39 is 30.4 Å². The molecule has 0 aromatic heterocycles. The molecule has 0 heterocycles. The lowest BCUT2D eigenvalue weighted by molar-refractivity contribution is -0.140. The van der Waals surface area contributed by atoms with Crippen LogP contribution in [0.25, 0.3) is 0 Å². The van der Waals surface area contributed by atoms with Crippen LogP contribution in [0.15, 0.2) is 24.3 Å². The van der Waals surface area contributed by atoms with Crippen molar-refractivity contribution in [3.05, 3.63) is 29.8 Å². The van der Waals surface area contributed by atoms with Gasteiger partial charge in [-0.1, -0.05) is 12.1 Å². The first kappa shape index (κ1) is 15.0. The number of carboxylic acid groups (broad SMARTS) is 1. The smallest absolute Gasteiger partial charge is 0.326 e. The zero-order valence-corrected chi connectivity index (χ0v) is 10.3. The maximum absolute atomic E-state index is 11.6. The van der Waals surface area contributed by atoms with Crippen molar-refractivity contribution in [2.75, 3.05) is 5.32 Å². The van der Waals surface area contributed by atoms with Gasteiger partial charge < -0.3 is 21.5 Å². The Bertz CT molecular complexity index is 579. The van der Waals surface area contributed by atoms with E-state index in [2.05, 4.69) is 10.6 Å². The number of hydrogen-bond donors (Lipinski definition) is 4. The van der Waals surface area contributed by atoms with Gasteiger partial charge >= 0.3 is 12.0 Å². The van der Waals surface area contributed by atoms with E-state index in [-0.39, 0.29) is 11.3 Å². The van der Waals surface area contributed by atoms with Crippen LogP contribution >= 0.6 is 0 Å². The van der Waals surface area contributed by atoms with E-state index in [9.17, 15) is 14.4 Å². The quantitative estimate of drug-likeness (QED) is 0.598. The molecule has 104 valence electrons. The highest BCUT2D eigenvalue weighted by Gasteiger charge is 2.22. The number of anilines is 1. The summed E-state index contributed by atoms with van der Waals surface area (Å²) in [5.74, 6) is -2.23. The molecule has 0 radical (unpaired) electrons. The van der Waals surface area contributed by atoms with Crippen molar-refractivity contribution >= 4 is 23.6 Å². The number of nitrogens with one attached hydrogen (secondary N) is 2. The first-order valence-corrected chi connectivity index (χ1v) is 5.51. The number of nitrogens with zero attached hydrogens (tertiary/aromatic N) is 1. The predicted octanol–water partition coefficient (Wildman–Crippen LogP) is 0.00838. The number of carbonyl (C=O) groups excluding carboxylic acids is 2. The molecule has 5 N–H and O–H groups in total. The highest BCUT2D eigenvalue weighted by atomic mass is 16.4. The lowest BCUT2D eigenvalue weighted by Gasteiger charge is -2.14. The van der Waals surface area contributed by atoms with Crippen LogP contribution in [-0.2, 0) is 9.59 Å². The van der Waals surface area contributed by atoms with Gasteiger partial charge in [0.15, 0.2) is 0 Å². The lowest BCUT2D eigenvalue weighted by atomic mass is 10.2. The van der Waals surface area contributed by atoms with Gasteiger partial charge in [0.2, 0.25) is 5.91 Å². The normalized spacial score (nSPS) is 10.9. The summed E-state index contributed by atoms with van der Waals surface area (Å²) < 4.78 is 0. The number of aliphatic carboxylic acids is 1. The molecular weight excluding hydrogens is 264 g/mol. The van der Waals surface area contributed by atoms with E-state index in [0.717, 1.165) is 0 Å². The highest BCUT2D eigenvalue weighted by Crippen LogP contribution is 2.13. The van der Waals surface area contributed by atoms with Crippen LogP contribution in [0.2, 0.25) is 0 Å². The minimum atomic E-state index is -1.43. The molecular formula is C12H12N4O4. The minimum Gasteiger partial charge on any atom is -0.480 e. The maximum Gasteiger partial charge on any atom is 0.326 e. The fraction of sp³-hybridized carbons (Fsp3) is 0.167. The first-order chi connectivity index (χ1) is 9.43. The number of para-hydroxylation sites is 1. The Morgan fingerprint density at radius 1 is 1.35 bits per heavy atom. The van der Waals surface area contributed by atoms with E-state index in [1.807, 2.05) is 6.07 Å². The Labute approximate surface area is 114 Å². The Morgan fingerprint density at radius 3 is 2.55 bits per heavy atom. The molecule has 8 nitrogen and oxygen atoms in total. The first-order valence-electron chi connectivity index (χ1n) is 5.51. The maximum atomic E-state index is 11.6. The molecule has 0 saturated carbocycles. The summed E-state index contributed by atoms with van der Waals surface area (Å²) in [5.41, 5.74) is 5.35. The van der Waals surface area contributed by atoms with Crippen LogP contribution in [-0.4, -0.2) is 29.1 Å². The van der Waals surface area contributed by atoms with Crippen LogP contribution in [0.3, 0.4) is 0 Å². The number of amides is 3. The largest absolute Gasteiger partial charge is 0.480 e. The van der Waals surface area contributed by atoms with Gasteiger partial charge in [0.25, 0.3) is 0 Å². The Kier molecular flexibility index (Phi) is 5.05. The molecule has 0 bridgehead atoms. The highest BCUT2D eigenvalue weighted by molar-refractivity contribution is 5.94. The van der Waals surface area contributed by atoms with Crippen LogP contribution in [0.4, 0.5) is 10.5 Å². The van der Waals surface area contributed by atoms with Gasteiger partial charge in [-0.15, -0.1) is 0 Å². The molecule has 0 saturated heterocycles. The molecule has 1 aromatic carbocycles. The second-order valence-corrected chi connectivity index (χ2v) is 3.82. The minimum absolute atomic E-state index is 0.226. The summed E-state index contributed by atoms with van der Waals surface area (Å²) in [7, 11) is 0. The molecule has 1 aromatic rings. The molecule has 1 atom stereocenters. The monoisotopic (exact) mass is 276 g/mol. The molecule has 0 fully saturated rings. The fourth-order valence-electron chi connectivity index (χ4n) is 1.41. The van der Waals surface area contributed by atoms with Crippen molar-refractivity contribution in [2.24, 2.45) is 5.73 Å². The second kappa shape index (κ2) is 6.75. The van der Waals surface area contributed by atoms with Gasteiger partial charge in [-0.2, -0.15) is 5.26 Å². The van der Waals surface area contributed by atoms with Gasteiger partial charge in [-0.25, -0.2) is 9.59 Å². The van der Waals surface area contributed by atoms with E-state index in [4.69, 9.17) is 16.1 Å². The lowest BCUT2D eigenvalue weighted by Crippen LogP contribution is -2.45. The van der Waals surface area contributed by atoms with Crippen LogP contribution in [0.5, 0.6) is 0 Å². The number of carboxylic acids is 1. The predicted molar refractivity (Wildman–Crippen MR) is 68.5 cm³/mol. The molecule has 20 heavy (non-hydrogen) atoms. The second-order valence-electron chi connectivity index (χ2n) is 3.82. The molecule has 3 amide bonds. The van der Waals surface area contributed by atoms with Gasteiger partial charge in [-0.3, -0.25) is 4.79 Å². The summed E-state index contributed by atoms with van der Waals surface area (Å²) in [6.45, 7) is 0. The van der Waals surface area contributed by atoms with Crippen LogP contribution in [0, 0.1) is 11.3 Å². The number of urea groups is 1. The third kappa shape index (κ3) is 4.30. The van der Waals surface area contributed by atoms with Gasteiger partial charge in [-0.05, 0) is 12.1 Å². The van der Waals surface area contributed by atoms with E-state index in [1.54, 1.807) is 12.1 Å². The summed E-state index contributed by atoms with van der Waals surface area (Å²) in [6, 6.07) is 5.81. The number of hydrogen-bond acceptors (Lipinski definition) is 4. The number of nitriles is 1. The summed E-state index contributed by atoms with van der Waals surface area (Å²) in [5, 5.41) is 22.1. The Morgan fingerprint density at radius 2 is 2.00 bits per heavy atom.